The molecule has 7 nitrogen and oxygen atoms in total. The zero-order valence-corrected chi connectivity index (χ0v) is 19.5. The van der Waals surface area contributed by atoms with Gasteiger partial charge in [-0.05, 0) is 39.2 Å². The second kappa shape index (κ2) is 10.6. The number of tetrazole rings is 1. The van der Waals surface area contributed by atoms with E-state index in [2.05, 4.69) is 98.1 Å². The van der Waals surface area contributed by atoms with E-state index in [0.29, 0.717) is 6.54 Å². The van der Waals surface area contributed by atoms with Crippen molar-refractivity contribution in [2.75, 3.05) is 33.3 Å². The van der Waals surface area contributed by atoms with Crippen molar-refractivity contribution in [1.29, 1.82) is 0 Å². The number of rotatable bonds is 8. The van der Waals surface area contributed by atoms with Crippen LogP contribution < -0.4 is 4.74 Å². The monoisotopic (exact) mass is 454 g/mol. The Morgan fingerprint density at radius 2 is 1.41 bits per heavy atom. The molecular weight excluding hydrogens is 424 g/mol. The molecule has 0 saturated carbocycles. The summed E-state index contributed by atoms with van der Waals surface area (Å²) in [6, 6.07) is 29.3. The van der Waals surface area contributed by atoms with Gasteiger partial charge in [0.2, 0.25) is 0 Å². The van der Waals surface area contributed by atoms with E-state index in [1.54, 1.807) is 7.11 Å². The summed E-state index contributed by atoms with van der Waals surface area (Å²) in [6.45, 7) is 5.55. The van der Waals surface area contributed by atoms with Gasteiger partial charge in [-0.15, -0.1) is 5.10 Å². The van der Waals surface area contributed by atoms with E-state index in [-0.39, 0.29) is 6.04 Å². The molecule has 3 aromatic carbocycles. The number of hydrogen-bond donors (Lipinski definition) is 0. The molecule has 1 unspecified atom stereocenters. The zero-order valence-electron chi connectivity index (χ0n) is 19.5. The molecule has 1 fully saturated rings. The van der Waals surface area contributed by atoms with Gasteiger partial charge in [0.15, 0.2) is 5.82 Å². The third-order valence-electron chi connectivity index (χ3n) is 6.43. The molecule has 7 heteroatoms. The Balaban J connectivity index is 1.35. The van der Waals surface area contributed by atoms with Crippen LogP contribution in [0.4, 0.5) is 0 Å². The second-order valence-electron chi connectivity index (χ2n) is 8.65. The molecular formula is C27H30N6O. The fraction of sp³-hybridized carbons (Fsp3) is 0.296. The van der Waals surface area contributed by atoms with E-state index in [4.69, 9.17) is 4.74 Å². The van der Waals surface area contributed by atoms with Crippen molar-refractivity contribution < 1.29 is 4.74 Å². The van der Waals surface area contributed by atoms with Crippen molar-refractivity contribution in [3.05, 3.63) is 107 Å². The molecule has 0 amide bonds. The molecule has 2 heterocycles. The number of nitrogens with zero attached hydrogens (tertiary/aromatic N) is 6. The first-order valence-corrected chi connectivity index (χ1v) is 11.7. The molecule has 1 aromatic heterocycles. The quantitative estimate of drug-likeness (QED) is 0.405. The minimum Gasteiger partial charge on any atom is -0.497 e. The molecule has 174 valence electrons. The summed E-state index contributed by atoms with van der Waals surface area (Å²) in [4.78, 5) is 5.03. The van der Waals surface area contributed by atoms with Gasteiger partial charge < -0.3 is 4.74 Å². The van der Waals surface area contributed by atoms with Gasteiger partial charge >= 0.3 is 0 Å². The molecule has 0 N–H and O–H groups in total. The molecule has 1 aliphatic heterocycles. The second-order valence-corrected chi connectivity index (χ2v) is 8.65. The topological polar surface area (TPSA) is 59.3 Å². The molecule has 0 radical (unpaired) electrons. The minimum atomic E-state index is 0.00771. The summed E-state index contributed by atoms with van der Waals surface area (Å²) >= 11 is 0. The van der Waals surface area contributed by atoms with E-state index >= 15 is 0 Å². The lowest BCUT2D eigenvalue weighted by Gasteiger charge is -2.39. The Morgan fingerprint density at radius 1 is 0.765 bits per heavy atom. The van der Waals surface area contributed by atoms with Gasteiger partial charge in [0.05, 0.1) is 19.7 Å². The first kappa shape index (κ1) is 22.3. The largest absolute Gasteiger partial charge is 0.497 e. The zero-order chi connectivity index (χ0) is 23.2. The van der Waals surface area contributed by atoms with Gasteiger partial charge in [0.1, 0.15) is 5.75 Å². The van der Waals surface area contributed by atoms with Crippen LogP contribution in [0.3, 0.4) is 0 Å². The van der Waals surface area contributed by atoms with Crippen LogP contribution in [0.1, 0.15) is 28.6 Å². The number of hydrogen-bond acceptors (Lipinski definition) is 6. The van der Waals surface area contributed by atoms with Gasteiger partial charge in [-0.3, -0.25) is 9.80 Å². The third-order valence-corrected chi connectivity index (χ3v) is 6.43. The molecule has 1 atom stereocenters. The van der Waals surface area contributed by atoms with E-state index in [0.717, 1.165) is 49.9 Å². The number of aromatic nitrogens is 4. The van der Waals surface area contributed by atoms with Crippen LogP contribution >= 0.6 is 0 Å². The van der Waals surface area contributed by atoms with Crippen molar-refractivity contribution in [1.82, 2.24) is 30.0 Å². The fourth-order valence-electron chi connectivity index (χ4n) is 4.60. The molecule has 0 bridgehead atoms. The van der Waals surface area contributed by atoms with Gasteiger partial charge in [-0.1, -0.05) is 72.8 Å². The number of methoxy groups -OCH3 is 1. The number of ether oxygens (including phenoxy) is 1. The van der Waals surface area contributed by atoms with Gasteiger partial charge in [0.25, 0.3) is 0 Å². The molecule has 34 heavy (non-hydrogen) atoms. The van der Waals surface area contributed by atoms with Crippen molar-refractivity contribution in [2.45, 2.75) is 19.1 Å². The van der Waals surface area contributed by atoms with E-state index in [9.17, 15) is 0 Å². The molecule has 1 saturated heterocycles. The van der Waals surface area contributed by atoms with Crippen LogP contribution in [0.5, 0.6) is 5.75 Å². The highest BCUT2D eigenvalue weighted by atomic mass is 16.5. The fourth-order valence-corrected chi connectivity index (χ4v) is 4.60. The van der Waals surface area contributed by atoms with Crippen molar-refractivity contribution in [3.8, 4) is 5.75 Å². The first-order valence-electron chi connectivity index (χ1n) is 11.7. The lowest BCUT2D eigenvalue weighted by Crippen LogP contribution is -2.47. The highest BCUT2D eigenvalue weighted by Gasteiger charge is 2.30. The average Bonchev–Trinajstić information content (AvgIpc) is 3.34. The minimum absolute atomic E-state index is 0.00771. The van der Waals surface area contributed by atoms with Crippen molar-refractivity contribution in [3.63, 3.8) is 0 Å². The standard InChI is InChI=1S/C27H30N6O/c1-34-25-14-12-23(13-15-25)21-33-27(28-29-30-33)26(24-10-6-3-7-11-24)32-18-16-31(17-19-32)20-22-8-4-2-5-9-22/h2-15,26H,16-21H2,1H3. The Bertz CT molecular complexity index is 1150. The molecule has 0 spiro atoms. The third kappa shape index (κ3) is 5.16. The van der Waals surface area contributed by atoms with Crippen molar-refractivity contribution in [2.24, 2.45) is 0 Å². The predicted octanol–water partition coefficient (Wildman–Crippen LogP) is 3.64. The van der Waals surface area contributed by atoms with Crippen LogP contribution in [0.15, 0.2) is 84.9 Å². The van der Waals surface area contributed by atoms with Crippen LogP contribution in [0, 0.1) is 0 Å². The van der Waals surface area contributed by atoms with Gasteiger partial charge in [-0.2, -0.15) is 0 Å². The average molecular weight is 455 g/mol. The molecule has 4 aromatic rings. The summed E-state index contributed by atoms with van der Waals surface area (Å²) < 4.78 is 7.22. The highest BCUT2D eigenvalue weighted by Crippen LogP contribution is 2.28. The van der Waals surface area contributed by atoms with Crippen molar-refractivity contribution >= 4 is 0 Å². The van der Waals surface area contributed by atoms with E-state index in [1.807, 2.05) is 16.8 Å². The SMILES string of the molecule is COc1ccc(Cn2nnnc2C(c2ccccc2)N2CCN(Cc3ccccc3)CC2)cc1. The maximum absolute atomic E-state index is 5.29. The lowest BCUT2D eigenvalue weighted by molar-refractivity contribution is 0.100. The summed E-state index contributed by atoms with van der Waals surface area (Å²) in [5.74, 6) is 1.72. The van der Waals surface area contributed by atoms with E-state index < -0.39 is 0 Å². The summed E-state index contributed by atoms with van der Waals surface area (Å²) in [5, 5.41) is 12.9. The Kier molecular flexibility index (Phi) is 6.93. The molecule has 1 aliphatic rings. The van der Waals surface area contributed by atoms with Gasteiger partial charge in [-0.25, -0.2) is 4.68 Å². The van der Waals surface area contributed by atoms with Crippen LogP contribution in [-0.2, 0) is 13.1 Å². The predicted molar refractivity (Wildman–Crippen MR) is 131 cm³/mol. The number of piperazine rings is 1. The Labute approximate surface area is 200 Å². The maximum atomic E-state index is 5.29. The summed E-state index contributed by atoms with van der Waals surface area (Å²) in [5.41, 5.74) is 3.71. The summed E-state index contributed by atoms with van der Waals surface area (Å²) in [7, 11) is 1.68. The first-order chi connectivity index (χ1) is 16.8. The summed E-state index contributed by atoms with van der Waals surface area (Å²) in [6.07, 6.45) is 0. The van der Waals surface area contributed by atoms with Gasteiger partial charge in [0, 0.05) is 32.7 Å². The highest BCUT2D eigenvalue weighted by molar-refractivity contribution is 5.28. The molecule has 0 aliphatic carbocycles. The lowest BCUT2D eigenvalue weighted by atomic mass is 10.0. The van der Waals surface area contributed by atoms with Crippen LogP contribution in [-0.4, -0.2) is 63.3 Å². The van der Waals surface area contributed by atoms with E-state index in [1.165, 1.54) is 11.1 Å². The smallest absolute Gasteiger partial charge is 0.173 e. The Morgan fingerprint density at radius 3 is 2.09 bits per heavy atom. The maximum Gasteiger partial charge on any atom is 0.173 e. The molecule has 5 rings (SSSR count). The Hall–Kier alpha value is -3.55. The van der Waals surface area contributed by atoms with Crippen LogP contribution in [0.25, 0.3) is 0 Å². The normalized spacial score (nSPS) is 15.8. The number of benzene rings is 3. The van der Waals surface area contributed by atoms with Crippen LogP contribution in [0.2, 0.25) is 0 Å².